The number of hydrogen-bond donors (Lipinski definition) is 1. The molecule has 1 amide bonds. The van der Waals surface area contributed by atoms with Gasteiger partial charge in [-0.05, 0) is 66.2 Å². The number of carbonyl (C=O) groups excluding carboxylic acids is 1. The number of thioether (sulfide) groups is 1. The van der Waals surface area contributed by atoms with E-state index in [0.717, 1.165) is 23.4 Å². The lowest BCUT2D eigenvalue weighted by Crippen LogP contribution is -2.27. The van der Waals surface area contributed by atoms with Crippen LogP contribution < -0.4 is 14.4 Å². The maximum Gasteiger partial charge on any atom is 0.261 e. The molecule has 0 radical (unpaired) electrons. The number of benzene rings is 3. The molecular formula is C22H19FN2O4S2. The summed E-state index contributed by atoms with van der Waals surface area (Å²) < 4.78 is 45.7. The van der Waals surface area contributed by atoms with Crippen LogP contribution in [0.5, 0.6) is 5.75 Å². The molecule has 6 nitrogen and oxygen atoms in total. The van der Waals surface area contributed by atoms with Gasteiger partial charge in [0.25, 0.3) is 10.0 Å². The zero-order chi connectivity index (χ0) is 22.0. The molecule has 0 aliphatic carbocycles. The molecule has 0 aromatic heterocycles. The van der Waals surface area contributed by atoms with E-state index < -0.39 is 15.8 Å². The van der Waals surface area contributed by atoms with Gasteiger partial charge >= 0.3 is 0 Å². The first-order valence-corrected chi connectivity index (χ1v) is 11.9. The molecule has 0 bridgehead atoms. The van der Waals surface area contributed by atoms with Gasteiger partial charge in [0.1, 0.15) is 16.9 Å². The Hall–Kier alpha value is -3.04. The minimum atomic E-state index is -3.83. The lowest BCUT2D eigenvalue weighted by atomic mass is 10.1. The quantitative estimate of drug-likeness (QED) is 0.592. The van der Waals surface area contributed by atoms with Crippen molar-refractivity contribution in [2.45, 2.75) is 10.3 Å². The van der Waals surface area contributed by atoms with Crippen LogP contribution >= 0.6 is 11.8 Å². The van der Waals surface area contributed by atoms with Crippen molar-refractivity contribution in [3.8, 4) is 5.75 Å². The molecule has 0 spiro atoms. The van der Waals surface area contributed by atoms with Gasteiger partial charge in [0.2, 0.25) is 5.91 Å². The van der Waals surface area contributed by atoms with E-state index in [0.29, 0.717) is 17.2 Å². The summed E-state index contributed by atoms with van der Waals surface area (Å²) in [6, 6.07) is 18.7. The Balaban J connectivity index is 1.54. The number of ether oxygens (including phenoxy) is 1. The van der Waals surface area contributed by atoms with E-state index in [2.05, 4.69) is 4.72 Å². The highest BCUT2D eigenvalue weighted by atomic mass is 32.2. The van der Waals surface area contributed by atoms with Crippen LogP contribution in [0.3, 0.4) is 0 Å². The van der Waals surface area contributed by atoms with Gasteiger partial charge in [0.05, 0.1) is 17.8 Å². The molecule has 1 saturated heterocycles. The maximum atomic E-state index is 13.1. The molecule has 31 heavy (non-hydrogen) atoms. The van der Waals surface area contributed by atoms with Gasteiger partial charge < -0.3 is 4.74 Å². The van der Waals surface area contributed by atoms with Crippen molar-refractivity contribution in [3.05, 3.63) is 84.2 Å². The number of nitrogens with zero attached hydrogens (tertiary/aromatic N) is 1. The van der Waals surface area contributed by atoms with Gasteiger partial charge in [0.15, 0.2) is 0 Å². The average molecular weight is 459 g/mol. The Morgan fingerprint density at radius 2 is 1.65 bits per heavy atom. The normalized spacial score (nSPS) is 16.4. The van der Waals surface area contributed by atoms with E-state index in [-0.39, 0.29) is 16.2 Å². The SMILES string of the molecule is COc1ccc(N2C(=O)CSC2c2ccc(NS(=O)(=O)c3ccc(F)cc3)cc2)cc1. The minimum Gasteiger partial charge on any atom is -0.497 e. The smallest absolute Gasteiger partial charge is 0.261 e. The summed E-state index contributed by atoms with van der Waals surface area (Å²) in [5, 5.41) is -0.219. The lowest BCUT2D eigenvalue weighted by Gasteiger charge is -2.24. The van der Waals surface area contributed by atoms with Crippen LogP contribution in [0, 0.1) is 5.82 Å². The van der Waals surface area contributed by atoms with Crippen molar-refractivity contribution < 1.29 is 22.3 Å². The first-order chi connectivity index (χ1) is 14.9. The van der Waals surface area contributed by atoms with E-state index in [1.807, 2.05) is 12.1 Å². The topological polar surface area (TPSA) is 75.7 Å². The van der Waals surface area contributed by atoms with Gasteiger partial charge in [-0.1, -0.05) is 12.1 Å². The zero-order valence-corrected chi connectivity index (χ0v) is 18.1. The fourth-order valence-corrected chi connectivity index (χ4v) is 5.47. The Labute approximate surface area is 184 Å². The van der Waals surface area contributed by atoms with Gasteiger partial charge in [0, 0.05) is 11.4 Å². The van der Waals surface area contributed by atoms with Crippen LogP contribution in [0.2, 0.25) is 0 Å². The van der Waals surface area contributed by atoms with Gasteiger partial charge in [-0.3, -0.25) is 14.4 Å². The second kappa shape index (κ2) is 8.60. The summed E-state index contributed by atoms with van der Waals surface area (Å²) in [6.07, 6.45) is 0. The molecule has 3 aromatic rings. The summed E-state index contributed by atoms with van der Waals surface area (Å²) in [7, 11) is -2.25. The third-order valence-corrected chi connectivity index (χ3v) is 7.40. The number of amides is 1. The number of rotatable bonds is 6. The number of anilines is 2. The number of nitrogens with one attached hydrogen (secondary N) is 1. The predicted octanol–water partition coefficient (Wildman–Crippen LogP) is 4.41. The fraction of sp³-hybridized carbons (Fsp3) is 0.136. The Morgan fingerprint density at radius 3 is 2.26 bits per heavy atom. The molecule has 3 aromatic carbocycles. The molecule has 4 rings (SSSR count). The second-order valence-electron chi connectivity index (χ2n) is 6.81. The molecule has 1 heterocycles. The molecule has 1 atom stereocenters. The number of methoxy groups -OCH3 is 1. The highest BCUT2D eigenvalue weighted by Crippen LogP contribution is 2.42. The van der Waals surface area contributed by atoms with E-state index in [4.69, 9.17) is 4.74 Å². The van der Waals surface area contributed by atoms with Crippen LogP contribution in [0.25, 0.3) is 0 Å². The Kier molecular flexibility index (Phi) is 5.88. The van der Waals surface area contributed by atoms with Crippen LogP contribution in [0.1, 0.15) is 10.9 Å². The largest absolute Gasteiger partial charge is 0.497 e. The second-order valence-corrected chi connectivity index (χ2v) is 9.56. The standard InChI is InChI=1S/C22H19FN2O4S2/c1-29-19-10-8-18(9-11-19)25-21(26)14-30-22(25)15-2-6-17(7-3-15)24-31(27,28)20-12-4-16(23)5-13-20/h2-13,22,24H,14H2,1H3. The molecular weight excluding hydrogens is 439 g/mol. The van der Waals surface area contributed by atoms with Gasteiger partial charge in [-0.25, -0.2) is 12.8 Å². The van der Waals surface area contributed by atoms with Gasteiger partial charge in [-0.15, -0.1) is 11.8 Å². The van der Waals surface area contributed by atoms with Crippen molar-refractivity contribution in [2.75, 3.05) is 22.5 Å². The summed E-state index contributed by atoms with van der Waals surface area (Å²) >= 11 is 1.50. The third kappa shape index (κ3) is 4.52. The summed E-state index contributed by atoms with van der Waals surface area (Å²) in [6.45, 7) is 0. The van der Waals surface area contributed by atoms with Crippen molar-refractivity contribution in [2.24, 2.45) is 0 Å². The predicted molar refractivity (Wildman–Crippen MR) is 119 cm³/mol. The zero-order valence-electron chi connectivity index (χ0n) is 16.5. The molecule has 1 fully saturated rings. The molecule has 160 valence electrons. The minimum absolute atomic E-state index is 0.00116. The van der Waals surface area contributed by atoms with Crippen LogP contribution in [-0.2, 0) is 14.8 Å². The highest BCUT2D eigenvalue weighted by Gasteiger charge is 2.34. The number of sulfonamides is 1. The first-order valence-electron chi connectivity index (χ1n) is 9.33. The van der Waals surface area contributed by atoms with E-state index >= 15 is 0 Å². The molecule has 1 aliphatic rings. The van der Waals surface area contributed by atoms with E-state index in [9.17, 15) is 17.6 Å². The fourth-order valence-electron chi connectivity index (χ4n) is 3.24. The van der Waals surface area contributed by atoms with E-state index in [1.54, 1.807) is 48.4 Å². The van der Waals surface area contributed by atoms with Crippen molar-refractivity contribution >= 4 is 39.1 Å². The Bertz CT molecular complexity index is 1180. The van der Waals surface area contributed by atoms with Crippen molar-refractivity contribution in [1.82, 2.24) is 0 Å². The number of carbonyl (C=O) groups is 1. The van der Waals surface area contributed by atoms with Crippen LogP contribution in [0.15, 0.2) is 77.7 Å². The van der Waals surface area contributed by atoms with Crippen molar-refractivity contribution in [3.63, 3.8) is 0 Å². The average Bonchev–Trinajstić information content (AvgIpc) is 3.16. The first kappa shape index (κ1) is 21.2. The van der Waals surface area contributed by atoms with Crippen LogP contribution in [-0.4, -0.2) is 27.2 Å². The molecule has 9 heteroatoms. The Morgan fingerprint density at radius 1 is 1.00 bits per heavy atom. The summed E-state index contributed by atoms with van der Waals surface area (Å²) in [5.41, 5.74) is 2.01. The third-order valence-electron chi connectivity index (χ3n) is 4.79. The van der Waals surface area contributed by atoms with E-state index in [1.165, 1.54) is 23.9 Å². The molecule has 1 unspecified atom stereocenters. The number of halogens is 1. The number of hydrogen-bond acceptors (Lipinski definition) is 5. The van der Waals surface area contributed by atoms with Gasteiger partial charge in [-0.2, -0.15) is 0 Å². The van der Waals surface area contributed by atoms with Crippen LogP contribution in [0.4, 0.5) is 15.8 Å². The molecule has 1 N–H and O–H groups in total. The summed E-state index contributed by atoms with van der Waals surface area (Å²) in [4.78, 5) is 14.2. The monoisotopic (exact) mass is 458 g/mol. The molecule has 0 saturated carbocycles. The van der Waals surface area contributed by atoms with Crippen molar-refractivity contribution in [1.29, 1.82) is 0 Å². The highest BCUT2D eigenvalue weighted by molar-refractivity contribution is 8.00. The molecule has 1 aliphatic heterocycles. The maximum absolute atomic E-state index is 13.1. The summed E-state index contributed by atoms with van der Waals surface area (Å²) in [5.74, 6) is 0.558. The lowest BCUT2D eigenvalue weighted by molar-refractivity contribution is -0.115.